The Morgan fingerprint density at radius 3 is 2.77 bits per heavy atom. The first-order chi connectivity index (χ1) is 10.1. The van der Waals surface area contributed by atoms with Crippen molar-refractivity contribution in [3.05, 3.63) is 22.4 Å². The molecule has 1 aliphatic rings. The Hall–Kier alpha value is -0.390. The number of guanidine groups is 1. The quantitative estimate of drug-likeness (QED) is 0.369. The molecule has 0 aromatic carbocycles. The summed E-state index contributed by atoms with van der Waals surface area (Å²) in [5.74, 6) is 0.965. The fourth-order valence-electron chi connectivity index (χ4n) is 2.11. The number of rotatable bonds is 6. The number of hydrogen-bond donors (Lipinski definition) is 2. The minimum Gasteiger partial charge on any atom is -0.370 e. The molecule has 0 bridgehead atoms. The van der Waals surface area contributed by atoms with E-state index >= 15 is 0 Å². The third-order valence-corrected chi connectivity index (χ3v) is 5.94. The van der Waals surface area contributed by atoms with Gasteiger partial charge in [-0.05, 0) is 17.9 Å². The highest BCUT2D eigenvalue weighted by Crippen LogP contribution is 2.07. The summed E-state index contributed by atoms with van der Waals surface area (Å²) in [5.41, 5.74) is 5.80. The highest BCUT2D eigenvalue weighted by Gasteiger charge is 2.20. The Labute approximate surface area is 153 Å². The molecule has 0 amide bonds. The first-order valence-corrected chi connectivity index (χ1v) is 9.74. The SMILES string of the molecule is I.NC(=NCCN1CCS(=O)(=O)CC1)NCCc1cccs1. The van der Waals surface area contributed by atoms with Gasteiger partial charge < -0.3 is 11.1 Å². The Kier molecular flexibility index (Phi) is 8.65. The molecule has 1 saturated heterocycles. The van der Waals surface area contributed by atoms with Gasteiger partial charge in [-0.25, -0.2) is 8.42 Å². The van der Waals surface area contributed by atoms with Crippen LogP contribution in [0, 0.1) is 0 Å². The van der Waals surface area contributed by atoms with Crippen LogP contribution in [0.4, 0.5) is 0 Å². The van der Waals surface area contributed by atoms with Gasteiger partial charge in [0.1, 0.15) is 0 Å². The van der Waals surface area contributed by atoms with E-state index in [0.29, 0.717) is 25.6 Å². The third-order valence-electron chi connectivity index (χ3n) is 3.39. The number of sulfone groups is 1. The standard InChI is InChI=1S/C13H22N4O2S2.HI/c14-13(15-4-3-12-2-1-9-20-12)16-5-6-17-7-10-21(18,19)11-8-17;/h1-2,9H,3-8,10-11H2,(H3,14,15,16);1H. The van der Waals surface area contributed by atoms with Crippen molar-refractivity contribution < 1.29 is 8.42 Å². The lowest BCUT2D eigenvalue weighted by atomic mass is 10.3. The zero-order valence-corrected chi connectivity index (χ0v) is 16.4. The summed E-state index contributed by atoms with van der Waals surface area (Å²) in [6.45, 7) is 3.33. The lowest BCUT2D eigenvalue weighted by Crippen LogP contribution is -2.41. The molecule has 22 heavy (non-hydrogen) atoms. The van der Waals surface area contributed by atoms with Gasteiger partial charge in [0, 0.05) is 31.1 Å². The summed E-state index contributed by atoms with van der Waals surface area (Å²) in [5, 5.41) is 5.15. The number of nitrogens with zero attached hydrogens (tertiary/aromatic N) is 2. The van der Waals surface area contributed by atoms with Crippen molar-refractivity contribution in [2.45, 2.75) is 6.42 Å². The largest absolute Gasteiger partial charge is 0.370 e. The van der Waals surface area contributed by atoms with Crippen LogP contribution in [0.3, 0.4) is 0 Å². The Morgan fingerprint density at radius 2 is 2.14 bits per heavy atom. The van der Waals surface area contributed by atoms with Gasteiger partial charge >= 0.3 is 0 Å². The van der Waals surface area contributed by atoms with Crippen molar-refractivity contribution in [2.24, 2.45) is 10.7 Å². The van der Waals surface area contributed by atoms with E-state index in [2.05, 4.69) is 26.7 Å². The zero-order chi connectivity index (χ0) is 15.1. The molecule has 9 heteroatoms. The van der Waals surface area contributed by atoms with Gasteiger partial charge in [-0.3, -0.25) is 9.89 Å². The highest BCUT2D eigenvalue weighted by molar-refractivity contribution is 14.0. The van der Waals surface area contributed by atoms with E-state index in [9.17, 15) is 8.42 Å². The summed E-state index contributed by atoms with van der Waals surface area (Å²) in [6, 6.07) is 4.14. The van der Waals surface area contributed by atoms with Crippen LogP contribution in [0.2, 0.25) is 0 Å². The predicted octanol–water partition coefficient (Wildman–Crippen LogP) is 0.543. The summed E-state index contributed by atoms with van der Waals surface area (Å²) in [4.78, 5) is 7.71. The van der Waals surface area contributed by atoms with Crippen LogP contribution in [-0.2, 0) is 16.3 Å². The van der Waals surface area contributed by atoms with Crippen molar-refractivity contribution in [2.75, 3.05) is 44.2 Å². The topological polar surface area (TPSA) is 87.8 Å². The molecular formula is C13H23IN4O2S2. The lowest BCUT2D eigenvalue weighted by molar-refractivity contribution is 0.304. The number of thiophene rings is 1. The van der Waals surface area contributed by atoms with Crippen LogP contribution in [0.15, 0.2) is 22.5 Å². The molecule has 0 saturated carbocycles. The van der Waals surface area contributed by atoms with Crippen LogP contribution in [0.1, 0.15) is 4.88 Å². The summed E-state index contributed by atoms with van der Waals surface area (Å²) < 4.78 is 22.6. The van der Waals surface area contributed by atoms with Crippen molar-refractivity contribution in [1.29, 1.82) is 0 Å². The van der Waals surface area contributed by atoms with Crippen molar-refractivity contribution >= 4 is 51.1 Å². The van der Waals surface area contributed by atoms with Crippen LogP contribution in [-0.4, -0.2) is 63.5 Å². The van der Waals surface area contributed by atoms with E-state index in [-0.39, 0.29) is 35.5 Å². The second-order valence-electron chi connectivity index (χ2n) is 5.02. The maximum absolute atomic E-state index is 11.3. The number of nitrogens with two attached hydrogens (primary N) is 1. The molecule has 1 aromatic heterocycles. The van der Waals surface area contributed by atoms with E-state index in [1.165, 1.54) is 4.88 Å². The normalized spacial score (nSPS) is 18.6. The molecule has 2 rings (SSSR count). The summed E-state index contributed by atoms with van der Waals surface area (Å²) in [7, 11) is -2.80. The van der Waals surface area contributed by atoms with E-state index in [1.807, 2.05) is 6.07 Å². The minimum absolute atomic E-state index is 0. The second kappa shape index (κ2) is 9.68. The molecule has 2 heterocycles. The molecule has 0 atom stereocenters. The van der Waals surface area contributed by atoms with E-state index in [4.69, 9.17) is 5.73 Å². The van der Waals surface area contributed by atoms with Gasteiger partial charge in [0.15, 0.2) is 15.8 Å². The molecule has 0 radical (unpaired) electrons. The molecule has 1 aliphatic heterocycles. The zero-order valence-electron chi connectivity index (χ0n) is 12.4. The minimum atomic E-state index is -2.80. The number of halogens is 1. The van der Waals surface area contributed by atoms with Crippen LogP contribution in [0.5, 0.6) is 0 Å². The number of hydrogen-bond acceptors (Lipinski definition) is 5. The Balaban J connectivity index is 0.00000242. The number of nitrogens with one attached hydrogen (secondary N) is 1. The Bertz CT molecular complexity index is 547. The van der Waals surface area contributed by atoms with Crippen LogP contribution in [0.25, 0.3) is 0 Å². The number of aliphatic imine (C=N–C) groups is 1. The summed E-state index contributed by atoms with van der Waals surface area (Å²) >= 11 is 1.73. The van der Waals surface area contributed by atoms with Crippen molar-refractivity contribution in [1.82, 2.24) is 10.2 Å². The maximum atomic E-state index is 11.3. The van der Waals surface area contributed by atoms with Crippen molar-refractivity contribution in [3.63, 3.8) is 0 Å². The molecule has 6 nitrogen and oxygen atoms in total. The van der Waals surface area contributed by atoms with E-state index in [1.54, 1.807) is 11.3 Å². The third kappa shape index (κ3) is 7.25. The molecule has 1 aromatic rings. The fourth-order valence-corrected chi connectivity index (χ4v) is 4.10. The Morgan fingerprint density at radius 1 is 1.41 bits per heavy atom. The van der Waals surface area contributed by atoms with Crippen molar-refractivity contribution in [3.8, 4) is 0 Å². The average molecular weight is 458 g/mol. The van der Waals surface area contributed by atoms with Crippen LogP contribution < -0.4 is 11.1 Å². The predicted molar refractivity (Wildman–Crippen MR) is 103 cm³/mol. The van der Waals surface area contributed by atoms with Gasteiger partial charge in [-0.15, -0.1) is 35.3 Å². The maximum Gasteiger partial charge on any atom is 0.188 e. The molecule has 0 aliphatic carbocycles. The summed E-state index contributed by atoms with van der Waals surface area (Å²) in [6.07, 6.45) is 0.942. The van der Waals surface area contributed by atoms with Gasteiger partial charge in [0.2, 0.25) is 0 Å². The van der Waals surface area contributed by atoms with Gasteiger partial charge in [0.05, 0.1) is 18.1 Å². The second-order valence-corrected chi connectivity index (χ2v) is 8.35. The molecule has 126 valence electrons. The van der Waals surface area contributed by atoms with E-state index < -0.39 is 9.84 Å². The first-order valence-electron chi connectivity index (χ1n) is 7.04. The lowest BCUT2D eigenvalue weighted by Gasteiger charge is -2.25. The highest BCUT2D eigenvalue weighted by atomic mass is 127. The molecule has 3 N–H and O–H groups in total. The monoisotopic (exact) mass is 458 g/mol. The van der Waals surface area contributed by atoms with E-state index in [0.717, 1.165) is 19.5 Å². The van der Waals surface area contributed by atoms with Gasteiger partial charge in [-0.2, -0.15) is 0 Å². The molecule has 0 spiro atoms. The molecule has 1 fully saturated rings. The fraction of sp³-hybridized carbons (Fsp3) is 0.615. The smallest absolute Gasteiger partial charge is 0.188 e. The first kappa shape index (κ1) is 19.7. The van der Waals surface area contributed by atoms with Crippen LogP contribution >= 0.6 is 35.3 Å². The molecule has 0 unspecified atom stereocenters. The average Bonchev–Trinajstić information content (AvgIpc) is 2.94. The van der Waals surface area contributed by atoms with Gasteiger partial charge in [0.25, 0.3) is 0 Å². The molecular weight excluding hydrogens is 435 g/mol. The van der Waals surface area contributed by atoms with Gasteiger partial charge in [-0.1, -0.05) is 6.07 Å².